The summed E-state index contributed by atoms with van der Waals surface area (Å²) in [5.74, 6) is -6.12. The summed E-state index contributed by atoms with van der Waals surface area (Å²) in [6.07, 6.45) is -1.54. The maximum absolute atomic E-state index is 16.0. The van der Waals surface area contributed by atoms with Crippen LogP contribution >= 0.6 is 0 Å². The van der Waals surface area contributed by atoms with Gasteiger partial charge in [0.15, 0.2) is 11.4 Å². The third-order valence-corrected chi connectivity index (χ3v) is 17.3. The van der Waals surface area contributed by atoms with Crippen molar-refractivity contribution in [2.75, 3.05) is 32.8 Å². The molecule has 6 fully saturated rings. The van der Waals surface area contributed by atoms with Gasteiger partial charge in [0.25, 0.3) is 0 Å². The lowest BCUT2D eigenvalue weighted by atomic mass is 9.46. The number of nitrogens with one attached hydrogen (secondary N) is 1. The summed E-state index contributed by atoms with van der Waals surface area (Å²) in [5.41, 5.74) is -6.78. The summed E-state index contributed by atoms with van der Waals surface area (Å²) in [6.45, 7) is 13.9. The van der Waals surface area contributed by atoms with Crippen LogP contribution in [-0.2, 0) is 28.7 Å². The van der Waals surface area contributed by atoms with Crippen molar-refractivity contribution < 1.29 is 68.8 Å². The number of fused-ring (bicyclic) bond motifs is 16. The molecule has 7 rings (SSSR count). The Morgan fingerprint density at radius 1 is 0.984 bits per heavy atom. The molecule has 0 aromatic carbocycles. The zero-order valence-electron chi connectivity index (χ0n) is 38.9. The minimum atomic E-state index is -1.88. The van der Waals surface area contributed by atoms with Gasteiger partial charge in [0, 0.05) is 47.7 Å². The van der Waals surface area contributed by atoms with Crippen molar-refractivity contribution in [3.8, 4) is 0 Å². The number of esters is 2. The van der Waals surface area contributed by atoms with E-state index >= 15 is 4.39 Å². The van der Waals surface area contributed by atoms with Crippen molar-refractivity contribution in [1.82, 2.24) is 10.2 Å². The maximum Gasteiger partial charge on any atom is 0.311 e. The van der Waals surface area contributed by atoms with E-state index in [1.165, 1.54) is 26.0 Å². The van der Waals surface area contributed by atoms with E-state index in [1.807, 2.05) is 18.7 Å². The predicted molar refractivity (Wildman–Crippen MR) is 232 cm³/mol. The lowest BCUT2D eigenvalue weighted by Crippen LogP contribution is -2.65. The molecule has 3 unspecified atom stereocenters. The quantitative estimate of drug-likeness (QED) is 0.109. The molecular formula is C48H75FN2O13. The topological polar surface area (TPSA) is 244 Å². The number of allylic oxidation sites excluding steroid dienone is 4. The number of ether oxygens (including phenoxy) is 2. The number of Topliss-reactive ketones (excluding diaryl/α,β-unsaturated/α-hetero) is 1. The third-order valence-electron chi connectivity index (χ3n) is 17.3. The molecule has 16 heteroatoms. The van der Waals surface area contributed by atoms with Gasteiger partial charge in [0.1, 0.15) is 30.6 Å². The Morgan fingerprint density at radius 2 is 1.66 bits per heavy atom. The Kier molecular flexibility index (Phi) is 14.9. The molecule has 2 bridgehead atoms. The smallest absolute Gasteiger partial charge is 0.311 e. The van der Waals surface area contributed by atoms with E-state index in [-0.39, 0.29) is 68.6 Å². The second kappa shape index (κ2) is 18.8. The number of carbonyl (C=O) groups is 4. The summed E-state index contributed by atoms with van der Waals surface area (Å²) < 4.78 is 27.9. The second-order valence-electron chi connectivity index (χ2n) is 21.3. The van der Waals surface area contributed by atoms with Crippen LogP contribution < -0.4 is 5.32 Å². The first-order chi connectivity index (χ1) is 29.8. The highest BCUT2D eigenvalue weighted by Crippen LogP contribution is 2.69. The van der Waals surface area contributed by atoms with Crippen molar-refractivity contribution in [3.63, 3.8) is 0 Å². The molecule has 0 aromatic rings. The van der Waals surface area contributed by atoms with Crippen LogP contribution in [0.5, 0.6) is 0 Å². The van der Waals surface area contributed by atoms with Crippen LogP contribution in [0.2, 0.25) is 0 Å². The van der Waals surface area contributed by atoms with Gasteiger partial charge in [-0.1, -0.05) is 40.7 Å². The Morgan fingerprint density at radius 3 is 2.30 bits per heavy atom. The standard InChI is InChI=1S/C48H75FN2O13/c1-9-37-46(8,61)42(59)28(5)51(23-29-20-47(62,21-29)41(58)26(3)40(57)27(4)43(60)63-37)16-10-14-50-15-12-38(56)64-48(36(55)24-52)25(2)17-32-31-19-34(49)33-18-30(53)11-13-44(33,6)39(31)35(54)22-45(32,48)7/h11,13,18,25-29,31-32,34-35,37,39-42,50,52,54,57-59,61-62H,9-10,12,14-17,19-24H2,1-8H3/t25-,26+,27-,28-,29?,31?,32?,34+,35+,37-,39?,40+,41-,42-,44+,45+,46-,47?,48+/m1/s1. The third kappa shape index (κ3) is 8.59. The van der Waals surface area contributed by atoms with Gasteiger partial charge >= 0.3 is 11.9 Å². The van der Waals surface area contributed by atoms with E-state index in [4.69, 9.17) is 9.47 Å². The Labute approximate surface area is 376 Å². The zero-order chi connectivity index (χ0) is 47.5. The number of hydrogen-bond donors (Lipinski definition) is 8. The maximum atomic E-state index is 16.0. The van der Waals surface area contributed by atoms with Crippen LogP contribution in [0, 0.1) is 52.3 Å². The Hall–Kier alpha value is -2.67. The van der Waals surface area contributed by atoms with Crippen molar-refractivity contribution in [1.29, 1.82) is 0 Å². The fraction of sp³-hybridized carbons (Fsp3) is 0.833. The summed E-state index contributed by atoms with van der Waals surface area (Å²) in [4.78, 5) is 55.1. The van der Waals surface area contributed by atoms with E-state index in [2.05, 4.69) is 5.32 Å². The van der Waals surface area contributed by atoms with Gasteiger partial charge in [-0.25, -0.2) is 4.39 Å². The van der Waals surface area contributed by atoms with Crippen LogP contribution in [-0.4, -0.2) is 156 Å². The molecule has 17 atom stereocenters. The van der Waals surface area contributed by atoms with Gasteiger partial charge in [0.05, 0.1) is 36.3 Å². The molecule has 0 spiro atoms. The summed E-state index contributed by atoms with van der Waals surface area (Å²) >= 11 is 0. The highest BCUT2D eigenvalue weighted by atomic mass is 19.1. The van der Waals surface area contributed by atoms with Crippen LogP contribution in [0.3, 0.4) is 0 Å². The molecule has 362 valence electrons. The van der Waals surface area contributed by atoms with Gasteiger partial charge in [0.2, 0.25) is 5.78 Å². The van der Waals surface area contributed by atoms with Crippen molar-refractivity contribution >= 4 is 23.5 Å². The van der Waals surface area contributed by atoms with Crippen LogP contribution in [0.1, 0.15) is 107 Å². The van der Waals surface area contributed by atoms with E-state index < -0.39 is 118 Å². The summed E-state index contributed by atoms with van der Waals surface area (Å²) in [6, 6.07) is -0.648. The Bertz CT molecular complexity index is 1820. The molecular weight excluding hydrogens is 832 g/mol. The fourth-order valence-electron chi connectivity index (χ4n) is 13.7. The molecule has 15 nitrogen and oxygen atoms in total. The molecule has 0 amide bonds. The number of alkyl halides is 1. The van der Waals surface area contributed by atoms with Gasteiger partial charge in [-0.3, -0.25) is 24.1 Å². The normalized spacial score (nSPS) is 47.5. The number of halogens is 1. The average molecular weight is 907 g/mol. The van der Waals surface area contributed by atoms with Gasteiger partial charge in [-0.2, -0.15) is 0 Å². The highest BCUT2D eigenvalue weighted by Gasteiger charge is 2.73. The first kappa shape index (κ1) is 50.7. The van der Waals surface area contributed by atoms with E-state index in [1.54, 1.807) is 33.8 Å². The number of hydrogen-bond acceptors (Lipinski definition) is 15. The predicted octanol–water partition coefficient (Wildman–Crippen LogP) is 1.95. The molecule has 2 aliphatic heterocycles. The van der Waals surface area contributed by atoms with Crippen molar-refractivity contribution in [2.24, 2.45) is 52.3 Å². The van der Waals surface area contributed by atoms with E-state index in [0.717, 1.165) is 0 Å². The molecule has 5 aliphatic carbocycles. The summed E-state index contributed by atoms with van der Waals surface area (Å²) in [7, 11) is 0. The molecule has 2 saturated heterocycles. The van der Waals surface area contributed by atoms with E-state index in [0.29, 0.717) is 38.0 Å². The number of rotatable bonds is 11. The summed E-state index contributed by atoms with van der Waals surface area (Å²) in [5, 5.41) is 82.3. The molecule has 64 heavy (non-hydrogen) atoms. The van der Waals surface area contributed by atoms with Crippen LogP contribution in [0.4, 0.5) is 4.39 Å². The first-order valence-electron chi connectivity index (χ1n) is 23.6. The molecule has 8 N–H and O–H groups in total. The lowest BCUT2D eigenvalue weighted by Gasteiger charge is -2.60. The number of nitrogens with zero attached hydrogens (tertiary/aromatic N) is 1. The van der Waals surface area contributed by atoms with Crippen LogP contribution in [0.25, 0.3) is 0 Å². The Balaban J connectivity index is 1.10. The first-order valence-corrected chi connectivity index (χ1v) is 23.6. The van der Waals surface area contributed by atoms with Crippen molar-refractivity contribution in [2.45, 2.75) is 166 Å². The molecule has 0 radical (unpaired) electrons. The van der Waals surface area contributed by atoms with Crippen LogP contribution in [0.15, 0.2) is 23.8 Å². The minimum Gasteiger partial charge on any atom is -0.459 e. The van der Waals surface area contributed by atoms with Gasteiger partial charge in [-0.05, 0) is 114 Å². The monoisotopic (exact) mass is 907 g/mol. The number of aliphatic hydroxyl groups is 7. The SMILES string of the molecule is CC[C@H]1OC(=O)[C@H](C)[C@@H](O)[C@H](C)[C@@H](O)C2(O)CC(CN(CCCNCCC(=O)O[C@]3(C(=O)CO)[C@H](C)CC4C5C[C@H](F)C6=CC(=O)C=C[C@]6(C)C5[C@@H](O)C[C@@]43C)[C@H](C)[C@@H](O)[C@]1(C)O)C2. The average Bonchev–Trinajstić information content (AvgIpc) is 3.45. The minimum absolute atomic E-state index is 0.0529. The number of aliphatic hydroxyl groups excluding tert-OH is 5. The fourth-order valence-corrected chi connectivity index (χ4v) is 13.7. The van der Waals surface area contributed by atoms with Crippen molar-refractivity contribution in [3.05, 3.63) is 23.8 Å². The molecule has 4 saturated carbocycles. The zero-order valence-corrected chi connectivity index (χ0v) is 38.9. The second-order valence-corrected chi connectivity index (χ2v) is 21.3. The number of ketones is 2. The van der Waals surface area contributed by atoms with Gasteiger partial charge < -0.3 is 50.5 Å². The lowest BCUT2D eigenvalue weighted by molar-refractivity contribution is -0.206. The number of carbonyl (C=O) groups excluding carboxylic acids is 4. The van der Waals surface area contributed by atoms with Gasteiger partial charge in [-0.15, -0.1) is 0 Å². The molecule has 0 aromatic heterocycles. The largest absolute Gasteiger partial charge is 0.459 e. The molecule has 7 aliphatic rings. The van der Waals surface area contributed by atoms with E-state index in [9.17, 15) is 54.9 Å². The molecule has 2 heterocycles. The highest BCUT2D eigenvalue weighted by molar-refractivity contribution is 6.01.